The van der Waals surface area contributed by atoms with E-state index in [1.54, 1.807) is 0 Å². The first-order chi connectivity index (χ1) is 20.2. The van der Waals surface area contributed by atoms with Crippen LogP contribution in [0.1, 0.15) is 40.7 Å². The number of allylic oxidation sites excluding steroid dienone is 5. The second-order valence-corrected chi connectivity index (χ2v) is 11.6. The zero-order valence-corrected chi connectivity index (χ0v) is 23.1. The fourth-order valence-corrected chi connectivity index (χ4v) is 7.13. The van der Waals surface area contributed by atoms with Gasteiger partial charge in [0.05, 0.1) is 0 Å². The van der Waals surface area contributed by atoms with E-state index in [0.29, 0.717) is 0 Å². The average molecular weight is 523 g/mol. The molecule has 0 heterocycles. The highest BCUT2D eigenvalue weighted by Gasteiger charge is 2.44. The molecule has 6 aromatic carbocycles. The molecule has 0 saturated carbocycles. The number of rotatable bonds is 3. The van der Waals surface area contributed by atoms with Crippen LogP contribution in [-0.2, 0) is 0 Å². The Labute approximate surface area is 241 Å². The monoisotopic (exact) mass is 522 g/mol. The summed E-state index contributed by atoms with van der Waals surface area (Å²) in [5.41, 5.74) is 10.3. The maximum atomic E-state index is 2.47. The highest BCUT2D eigenvalue weighted by molar-refractivity contribution is 5.96. The number of fused-ring (bicyclic) bond motifs is 4. The maximum Gasteiger partial charge on any atom is 0.0225 e. The molecular weight excluding hydrogens is 492 g/mol. The van der Waals surface area contributed by atoms with Crippen molar-refractivity contribution in [3.8, 4) is 0 Å². The van der Waals surface area contributed by atoms with E-state index in [1.807, 2.05) is 0 Å². The van der Waals surface area contributed by atoms with E-state index >= 15 is 0 Å². The third-order valence-electron chi connectivity index (χ3n) is 9.15. The van der Waals surface area contributed by atoms with Crippen molar-refractivity contribution in [1.29, 1.82) is 0 Å². The van der Waals surface area contributed by atoms with Crippen molar-refractivity contribution >= 4 is 32.7 Å². The smallest absolute Gasteiger partial charge is 0.0225 e. The average Bonchev–Trinajstić information content (AvgIpc) is 3.03. The maximum absolute atomic E-state index is 2.47. The van der Waals surface area contributed by atoms with Crippen LogP contribution in [-0.4, -0.2) is 0 Å². The van der Waals surface area contributed by atoms with Crippen molar-refractivity contribution in [2.75, 3.05) is 0 Å². The molecule has 41 heavy (non-hydrogen) atoms. The fraction of sp³-hybridized carbons (Fsp3) is 0.0732. The summed E-state index contributed by atoms with van der Waals surface area (Å²) in [4.78, 5) is 0. The Bertz CT molecular complexity index is 2050. The topological polar surface area (TPSA) is 0 Å². The zero-order chi connectivity index (χ0) is 27.4. The zero-order valence-electron chi connectivity index (χ0n) is 23.1. The van der Waals surface area contributed by atoms with E-state index in [-0.39, 0.29) is 11.3 Å². The lowest BCUT2D eigenvalue weighted by Gasteiger charge is -2.45. The van der Waals surface area contributed by atoms with E-state index in [4.69, 9.17) is 0 Å². The molecule has 8 rings (SSSR count). The van der Waals surface area contributed by atoms with Crippen LogP contribution in [0.25, 0.3) is 32.7 Å². The molecule has 0 amide bonds. The van der Waals surface area contributed by atoms with Crippen LogP contribution < -0.4 is 0 Å². The largest absolute Gasteiger partial charge is 0.0726 e. The van der Waals surface area contributed by atoms with E-state index in [1.165, 1.54) is 66.1 Å². The second-order valence-electron chi connectivity index (χ2n) is 11.6. The van der Waals surface area contributed by atoms with Crippen molar-refractivity contribution in [3.05, 3.63) is 191 Å². The minimum absolute atomic E-state index is 0.187. The molecule has 2 atom stereocenters. The van der Waals surface area contributed by atoms with Gasteiger partial charge in [0.25, 0.3) is 0 Å². The van der Waals surface area contributed by atoms with Crippen LogP contribution in [0.5, 0.6) is 0 Å². The SMILES string of the molecule is CC12C=CC(c3ccccc3)=CC1=C(c1ccc3ccccc3c1)c1ccccc1C2c1ccc2ccccc2c1. The molecule has 194 valence electrons. The van der Waals surface area contributed by atoms with Gasteiger partial charge in [-0.25, -0.2) is 0 Å². The first kappa shape index (κ1) is 23.9. The van der Waals surface area contributed by atoms with E-state index in [9.17, 15) is 0 Å². The third-order valence-corrected chi connectivity index (χ3v) is 9.15. The lowest BCUT2D eigenvalue weighted by molar-refractivity contribution is 0.449. The van der Waals surface area contributed by atoms with E-state index < -0.39 is 0 Å². The summed E-state index contributed by atoms with van der Waals surface area (Å²) < 4.78 is 0. The van der Waals surface area contributed by atoms with Gasteiger partial charge < -0.3 is 0 Å². The van der Waals surface area contributed by atoms with Gasteiger partial charge in [-0.15, -0.1) is 0 Å². The first-order valence-corrected chi connectivity index (χ1v) is 14.5. The van der Waals surface area contributed by atoms with Gasteiger partial charge in [0.2, 0.25) is 0 Å². The van der Waals surface area contributed by atoms with Gasteiger partial charge in [0.15, 0.2) is 0 Å². The lowest BCUT2D eigenvalue weighted by Crippen LogP contribution is -2.33. The molecule has 2 aliphatic carbocycles. The van der Waals surface area contributed by atoms with Gasteiger partial charge in [-0.2, -0.15) is 0 Å². The minimum atomic E-state index is -0.226. The molecule has 0 aromatic heterocycles. The molecule has 0 heteroatoms. The van der Waals surface area contributed by atoms with Crippen LogP contribution in [0.2, 0.25) is 0 Å². The van der Waals surface area contributed by atoms with Crippen molar-refractivity contribution in [2.24, 2.45) is 5.41 Å². The van der Waals surface area contributed by atoms with Gasteiger partial charge in [-0.3, -0.25) is 0 Å². The summed E-state index contributed by atoms with van der Waals surface area (Å²) in [7, 11) is 0. The molecule has 0 nitrogen and oxygen atoms in total. The van der Waals surface area contributed by atoms with Crippen molar-refractivity contribution < 1.29 is 0 Å². The Morgan fingerprint density at radius 1 is 0.537 bits per heavy atom. The summed E-state index contributed by atoms with van der Waals surface area (Å²) in [5, 5.41) is 5.11. The fourth-order valence-electron chi connectivity index (χ4n) is 7.13. The van der Waals surface area contributed by atoms with Gasteiger partial charge >= 0.3 is 0 Å². The lowest BCUT2D eigenvalue weighted by atomic mass is 9.57. The molecule has 0 spiro atoms. The molecule has 0 saturated heterocycles. The molecule has 2 unspecified atom stereocenters. The Morgan fingerprint density at radius 3 is 1.95 bits per heavy atom. The Morgan fingerprint density at radius 2 is 1.17 bits per heavy atom. The molecule has 0 aliphatic heterocycles. The van der Waals surface area contributed by atoms with Crippen LogP contribution in [0.3, 0.4) is 0 Å². The molecule has 0 N–H and O–H groups in total. The molecule has 0 fully saturated rings. The molecular formula is C41H30. The van der Waals surface area contributed by atoms with Crippen molar-refractivity contribution in [2.45, 2.75) is 12.8 Å². The predicted molar refractivity (Wildman–Crippen MR) is 174 cm³/mol. The van der Waals surface area contributed by atoms with Gasteiger partial charge in [-0.1, -0.05) is 153 Å². The van der Waals surface area contributed by atoms with Crippen LogP contribution >= 0.6 is 0 Å². The predicted octanol–water partition coefficient (Wildman–Crippen LogP) is 10.6. The van der Waals surface area contributed by atoms with Crippen LogP contribution in [0.4, 0.5) is 0 Å². The van der Waals surface area contributed by atoms with Gasteiger partial charge in [0.1, 0.15) is 0 Å². The summed E-state index contributed by atoms with van der Waals surface area (Å²) in [6.45, 7) is 2.44. The van der Waals surface area contributed by atoms with Crippen molar-refractivity contribution in [3.63, 3.8) is 0 Å². The first-order valence-electron chi connectivity index (χ1n) is 14.5. The van der Waals surface area contributed by atoms with E-state index in [2.05, 4.69) is 165 Å². The summed E-state index contributed by atoms with van der Waals surface area (Å²) in [5.74, 6) is 0.187. The molecule has 0 bridgehead atoms. The summed E-state index contributed by atoms with van der Waals surface area (Å²) in [6.07, 6.45) is 7.28. The Hall–Kier alpha value is -4.94. The highest BCUT2D eigenvalue weighted by atomic mass is 14.5. The minimum Gasteiger partial charge on any atom is -0.0726 e. The Balaban J connectivity index is 1.43. The standard InChI is InChI=1S/C41H30/c1-41-24-23-33(28-11-3-2-4-12-28)27-38(41)39(34-21-19-29-13-5-7-15-31(29)25-34)36-17-9-10-18-37(36)40(41)35-22-20-30-14-6-8-16-32(30)26-35/h2-27,40H,1H3. The van der Waals surface area contributed by atoms with Gasteiger partial charge in [0, 0.05) is 11.3 Å². The summed E-state index contributed by atoms with van der Waals surface area (Å²) >= 11 is 0. The second kappa shape index (κ2) is 9.32. The summed E-state index contributed by atoms with van der Waals surface area (Å²) in [6, 6.07) is 51.2. The number of hydrogen-bond acceptors (Lipinski definition) is 0. The van der Waals surface area contributed by atoms with E-state index in [0.717, 1.165) is 0 Å². The molecule has 0 radical (unpaired) electrons. The Kier molecular flexibility index (Phi) is 5.43. The highest BCUT2D eigenvalue weighted by Crippen LogP contribution is 2.58. The van der Waals surface area contributed by atoms with Crippen LogP contribution in [0, 0.1) is 5.41 Å². The van der Waals surface area contributed by atoms with Crippen LogP contribution in [0.15, 0.2) is 163 Å². The van der Waals surface area contributed by atoms with Crippen molar-refractivity contribution in [1.82, 2.24) is 0 Å². The molecule has 6 aromatic rings. The van der Waals surface area contributed by atoms with Gasteiger partial charge in [-0.05, 0) is 78.2 Å². The third kappa shape index (κ3) is 3.83. The molecule has 2 aliphatic rings. The normalized spacial score (nSPS) is 19.6. The number of benzene rings is 6. The number of hydrogen-bond donors (Lipinski definition) is 0. The quantitative estimate of drug-likeness (QED) is 0.217.